The lowest BCUT2D eigenvalue weighted by Gasteiger charge is -2.33. The van der Waals surface area contributed by atoms with Crippen LogP contribution in [-0.4, -0.2) is 39.1 Å². The number of rotatable bonds is 10. The third-order valence-electron chi connectivity index (χ3n) is 6.51. The third kappa shape index (κ3) is 5.70. The Labute approximate surface area is 202 Å². The second-order valence-electron chi connectivity index (χ2n) is 8.93. The fraction of sp³-hybridized carbons (Fsp3) is 0.520. The van der Waals surface area contributed by atoms with Gasteiger partial charge < -0.3 is 10.1 Å². The largest absolute Gasteiger partial charge is 0.381 e. The summed E-state index contributed by atoms with van der Waals surface area (Å²) in [5.41, 5.74) is 2.58. The maximum absolute atomic E-state index is 13.9. The Kier molecular flexibility index (Phi) is 8.54. The molecule has 0 amide bonds. The van der Waals surface area contributed by atoms with E-state index in [1.54, 1.807) is 0 Å². The van der Waals surface area contributed by atoms with Crippen LogP contribution in [0.5, 0.6) is 0 Å². The van der Waals surface area contributed by atoms with Crippen LogP contribution in [0.15, 0.2) is 41.3 Å². The monoisotopic (exact) mass is 489 g/mol. The zero-order chi connectivity index (χ0) is 24.9. The highest BCUT2D eigenvalue weighted by Gasteiger charge is 2.33. The van der Waals surface area contributed by atoms with Gasteiger partial charge in [0, 0.05) is 31.9 Å². The number of hydrogen-bond acceptors (Lipinski definition) is 6. The van der Waals surface area contributed by atoms with Gasteiger partial charge in [-0.25, -0.2) is 8.42 Å². The molecule has 2 aromatic rings. The van der Waals surface area contributed by atoms with Crippen LogP contribution in [0.3, 0.4) is 0 Å². The van der Waals surface area contributed by atoms with Crippen LogP contribution in [0.2, 0.25) is 0 Å². The van der Waals surface area contributed by atoms with Crippen molar-refractivity contribution in [3.63, 3.8) is 0 Å². The summed E-state index contributed by atoms with van der Waals surface area (Å²) in [6.07, 6.45) is 3.03. The maximum atomic E-state index is 13.9. The lowest BCUT2D eigenvalue weighted by atomic mass is 10.0. The standard InChI is InChI=1S/C25H35N3O5S/c1-5-21(6-2)27(24-10-7-18(3)15-19(24)4)34(31,32)22-8-9-23(25(16-22)28(29)30)26-17-20-11-13-33-14-12-20/h7-10,15-16,20-21,26H,5-6,11-14,17H2,1-4H3. The second kappa shape index (κ2) is 11.2. The minimum Gasteiger partial charge on any atom is -0.381 e. The summed E-state index contributed by atoms with van der Waals surface area (Å²) in [6, 6.07) is 9.55. The highest BCUT2D eigenvalue weighted by molar-refractivity contribution is 7.92. The Morgan fingerprint density at radius 1 is 1.12 bits per heavy atom. The second-order valence-corrected chi connectivity index (χ2v) is 10.7. The summed E-state index contributed by atoms with van der Waals surface area (Å²) in [4.78, 5) is 11.3. The van der Waals surface area contributed by atoms with E-state index in [1.807, 2.05) is 45.9 Å². The first-order chi connectivity index (χ1) is 16.2. The molecular formula is C25H35N3O5S. The van der Waals surface area contributed by atoms with Gasteiger partial charge in [0.25, 0.3) is 15.7 Å². The minimum absolute atomic E-state index is 0.0808. The van der Waals surface area contributed by atoms with Gasteiger partial charge in [-0.05, 0) is 69.2 Å². The van der Waals surface area contributed by atoms with E-state index in [0.717, 1.165) is 24.0 Å². The fourth-order valence-corrected chi connectivity index (χ4v) is 6.37. The first-order valence-corrected chi connectivity index (χ1v) is 13.3. The van der Waals surface area contributed by atoms with Gasteiger partial charge in [0.15, 0.2) is 0 Å². The Morgan fingerprint density at radius 3 is 2.38 bits per heavy atom. The summed E-state index contributed by atoms with van der Waals surface area (Å²) in [5, 5.41) is 15.0. The molecule has 1 saturated heterocycles. The summed E-state index contributed by atoms with van der Waals surface area (Å²) in [7, 11) is -4.04. The molecule has 34 heavy (non-hydrogen) atoms. The molecule has 1 fully saturated rings. The van der Waals surface area contributed by atoms with Gasteiger partial charge in [-0.1, -0.05) is 31.5 Å². The van der Waals surface area contributed by atoms with Gasteiger partial charge in [-0.15, -0.1) is 0 Å². The van der Waals surface area contributed by atoms with Gasteiger partial charge in [0.2, 0.25) is 0 Å². The van der Waals surface area contributed by atoms with E-state index in [-0.39, 0.29) is 16.6 Å². The van der Waals surface area contributed by atoms with Crippen LogP contribution < -0.4 is 9.62 Å². The van der Waals surface area contributed by atoms with Crippen molar-refractivity contribution in [3.8, 4) is 0 Å². The number of benzene rings is 2. The maximum Gasteiger partial charge on any atom is 0.293 e. The lowest BCUT2D eigenvalue weighted by Crippen LogP contribution is -2.40. The Hall–Kier alpha value is -2.65. The molecule has 1 N–H and O–H groups in total. The molecule has 0 spiro atoms. The van der Waals surface area contributed by atoms with Crippen LogP contribution in [0, 0.1) is 29.9 Å². The van der Waals surface area contributed by atoms with Crippen molar-refractivity contribution in [1.82, 2.24) is 0 Å². The molecule has 1 aliphatic heterocycles. The topological polar surface area (TPSA) is 102 Å². The number of nitro benzene ring substituents is 1. The van der Waals surface area contributed by atoms with E-state index in [2.05, 4.69) is 5.32 Å². The molecule has 0 atom stereocenters. The number of hydrogen-bond donors (Lipinski definition) is 1. The molecule has 2 aromatic carbocycles. The molecule has 0 radical (unpaired) electrons. The van der Waals surface area contributed by atoms with E-state index in [1.165, 1.54) is 22.5 Å². The zero-order valence-corrected chi connectivity index (χ0v) is 21.2. The summed E-state index contributed by atoms with van der Waals surface area (Å²) >= 11 is 0. The van der Waals surface area contributed by atoms with E-state index in [0.29, 0.717) is 49.9 Å². The van der Waals surface area contributed by atoms with Crippen molar-refractivity contribution >= 4 is 27.1 Å². The van der Waals surface area contributed by atoms with Gasteiger partial charge in [0.05, 0.1) is 15.5 Å². The first-order valence-electron chi connectivity index (χ1n) is 11.9. The molecule has 186 valence electrons. The normalized spacial score (nSPS) is 14.9. The SMILES string of the molecule is CCC(CC)N(c1ccc(C)cc1C)S(=O)(=O)c1ccc(NCC2CCOCC2)c([N+](=O)[O-])c1. The molecule has 1 aliphatic rings. The predicted molar refractivity (Wildman–Crippen MR) is 135 cm³/mol. The van der Waals surface area contributed by atoms with Gasteiger partial charge >= 0.3 is 0 Å². The molecule has 1 heterocycles. The average molecular weight is 490 g/mol. The number of nitro groups is 1. The van der Waals surface area contributed by atoms with Crippen LogP contribution in [0.4, 0.5) is 17.1 Å². The molecular weight excluding hydrogens is 454 g/mol. The van der Waals surface area contributed by atoms with Crippen molar-refractivity contribution in [1.29, 1.82) is 0 Å². The van der Waals surface area contributed by atoms with Crippen LogP contribution in [0.1, 0.15) is 50.7 Å². The van der Waals surface area contributed by atoms with Crippen LogP contribution in [0.25, 0.3) is 0 Å². The first kappa shape index (κ1) is 26.0. The highest BCUT2D eigenvalue weighted by Crippen LogP contribution is 2.35. The van der Waals surface area contributed by atoms with Crippen molar-refractivity contribution in [2.45, 2.75) is 64.3 Å². The van der Waals surface area contributed by atoms with Crippen molar-refractivity contribution in [3.05, 3.63) is 57.6 Å². The molecule has 0 aromatic heterocycles. The number of sulfonamides is 1. The number of ether oxygens (including phenoxy) is 1. The van der Waals surface area contributed by atoms with Crippen LogP contribution in [-0.2, 0) is 14.8 Å². The van der Waals surface area contributed by atoms with E-state index in [4.69, 9.17) is 4.74 Å². The zero-order valence-electron chi connectivity index (χ0n) is 20.4. The fourth-order valence-electron chi connectivity index (χ4n) is 4.49. The molecule has 3 rings (SSSR count). The summed E-state index contributed by atoms with van der Waals surface area (Å²) in [6.45, 7) is 9.71. The lowest BCUT2D eigenvalue weighted by molar-refractivity contribution is -0.384. The van der Waals surface area contributed by atoms with E-state index in [9.17, 15) is 18.5 Å². The van der Waals surface area contributed by atoms with Gasteiger partial charge in [-0.3, -0.25) is 14.4 Å². The van der Waals surface area contributed by atoms with E-state index >= 15 is 0 Å². The summed E-state index contributed by atoms with van der Waals surface area (Å²) < 4.78 is 34.6. The van der Waals surface area contributed by atoms with Crippen molar-refractivity contribution in [2.24, 2.45) is 5.92 Å². The minimum atomic E-state index is -4.04. The predicted octanol–water partition coefficient (Wildman–Crippen LogP) is 5.43. The number of nitrogens with one attached hydrogen (secondary N) is 1. The number of anilines is 2. The molecule has 0 bridgehead atoms. The third-order valence-corrected chi connectivity index (χ3v) is 8.37. The van der Waals surface area contributed by atoms with Crippen LogP contribution >= 0.6 is 0 Å². The van der Waals surface area contributed by atoms with Crippen molar-refractivity contribution in [2.75, 3.05) is 29.4 Å². The number of nitrogens with zero attached hydrogens (tertiary/aromatic N) is 2. The smallest absolute Gasteiger partial charge is 0.293 e. The van der Waals surface area contributed by atoms with Gasteiger partial charge in [0.1, 0.15) is 5.69 Å². The Morgan fingerprint density at radius 2 is 1.79 bits per heavy atom. The molecule has 8 nitrogen and oxygen atoms in total. The molecule has 9 heteroatoms. The van der Waals surface area contributed by atoms with Gasteiger partial charge in [-0.2, -0.15) is 0 Å². The molecule has 0 saturated carbocycles. The van der Waals surface area contributed by atoms with E-state index < -0.39 is 14.9 Å². The summed E-state index contributed by atoms with van der Waals surface area (Å²) in [5.74, 6) is 0.367. The molecule has 0 aliphatic carbocycles. The average Bonchev–Trinajstić information content (AvgIpc) is 2.82. The Bertz CT molecular complexity index is 1110. The molecule has 0 unspecified atom stereocenters. The Balaban J connectivity index is 2.00. The quantitative estimate of drug-likeness (QED) is 0.352. The number of aryl methyl sites for hydroxylation is 2. The highest BCUT2D eigenvalue weighted by atomic mass is 32.2. The van der Waals surface area contributed by atoms with Crippen molar-refractivity contribution < 1.29 is 18.1 Å².